The van der Waals surface area contributed by atoms with Crippen LogP contribution in [0, 0.1) is 6.92 Å². The zero-order valence-electron chi connectivity index (χ0n) is 15.3. The van der Waals surface area contributed by atoms with Gasteiger partial charge in [0.25, 0.3) is 11.7 Å². The first-order valence-corrected chi connectivity index (χ1v) is 8.02. The summed E-state index contributed by atoms with van der Waals surface area (Å²) in [6.45, 7) is 1.53. The summed E-state index contributed by atoms with van der Waals surface area (Å²) in [5.74, 6) is -2.99. The molecule has 0 saturated carbocycles. The van der Waals surface area contributed by atoms with Gasteiger partial charge in [0, 0.05) is 5.56 Å². The SMILES string of the molecule is COC(=O)[C@](NC(=O)c1ccccc1OC)(Nc1[nH+]cccc1C)C(F)(F)F. The number of rotatable bonds is 6. The van der Waals surface area contributed by atoms with E-state index in [4.69, 9.17) is 4.74 Å². The third kappa shape index (κ3) is 4.00. The van der Waals surface area contributed by atoms with Crippen LogP contribution in [-0.2, 0) is 9.53 Å². The third-order valence-corrected chi connectivity index (χ3v) is 3.95. The molecule has 3 N–H and O–H groups in total. The second-order valence-electron chi connectivity index (χ2n) is 5.75. The van der Waals surface area contributed by atoms with Gasteiger partial charge >= 0.3 is 17.8 Å². The predicted octanol–water partition coefficient (Wildman–Crippen LogP) is 2.09. The zero-order chi connectivity index (χ0) is 20.9. The molecule has 0 fully saturated rings. The van der Waals surface area contributed by atoms with Gasteiger partial charge in [0.05, 0.1) is 26.0 Å². The Morgan fingerprint density at radius 1 is 1.07 bits per heavy atom. The molecule has 2 rings (SSSR count). The van der Waals surface area contributed by atoms with E-state index in [0.717, 1.165) is 7.11 Å². The molecular formula is C18H19F3N3O4+. The Morgan fingerprint density at radius 2 is 1.75 bits per heavy atom. The van der Waals surface area contributed by atoms with Gasteiger partial charge in [0.15, 0.2) is 0 Å². The maximum Gasteiger partial charge on any atom is 0.464 e. The van der Waals surface area contributed by atoms with Crippen LogP contribution in [0.2, 0.25) is 0 Å². The molecule has 28 heavy (non-hydrogen) atoms. The van der Waals surface area contributed by atoms with Crippen molar-refractivity contribution in [1.82, 2.24) is 5.32 Å². The van der Waals surface area contributed by atoms with Gasteiger partial charge in [-0.1, -0.05) is 12.1 Å². The van der Waals surface area contributed by atoms with E-state index in [1.165, 1.54) is 44.5 Å². The average Bonchev–Trinajstić information content (AvgIpc) is 2.67. The number of esters is 1. The van der Waals surface area contributed by atoms with Crippen molar-refractivity contribution in [3.63, 3.8) is 0 Å². The molecule has 1 aromatic carbocycles. The highest BCUT2D eigenvalue weighted by molar-refractivity contribution is 6.01. The Labute approximate surface area is 158 Å². The number of aromatic amines is 1. The number of para-hydroxylation sites is 1. The van der Waals surface area contributed by atoms with E-state index in [1.807, 2.05) is 0 Å². The van der Waals surface area contributed by atoms with Crippen LogP contribution in [0.1, 0.15) is 15.9 Å². The first-order valence-electron chi connectivity index (χ1n) is 8.02. The Hall–Kier alpha value is -3.30. The highest BCUT2D eigenvalue weighted by Gasteiger charge is 2.68. The lowest BCUT2D eigenvalue weighted by Gasteiger charge is -2.30. The molecule has 1 aromatic heterocycles. The molecule has 1 heterocycles. The number of anilines is 1. The summed E-state index contributed by atoms with van der Waals surface area (Å²) in [5.41, 5.74) is -3.34. The quantitative estimate of drug-likeness (QED) is 0.575. The molecule has 0 radical (unpaired) electrons. The van der Waals surface area contributed by atoms with E-state index in [1.54, 1.807) is 17.4 Å². The number of H-pyrrole nitrogens is 1. The van der Waals surface area contributed by atoms with E-state index >= 15 is 0 Å². The molecule has 7 nitrogen and oxygen atoms in total. The van der Waals surface area contributed by atoms with Crippen molar-refractivity contribution < 1.29 is 37.2 Å². The van der Waals surface area contributed by atoms with Crippen LogP contribution in [0.3, 0.4) is 0 Å². The van der Waals surface area contributed by atoms with Gasteiger partial charge in [0.1, 0.15) is 5.75 Å². The summed E-state index contributed by atoms with van der Waals surface area (Å²) in [5, 5.41) is 3.80. The lowest BCUT2D eigenvalue weighted by Crippen LogP contribution is -2.69. The molecule has 150 valence electrons. The van der Waals surface area contributed by atoms with Crippen LogP contribution in [0.5, 0.6) is 5.75 Å². The summed E-state index contributed by atoms with van der Waals surface area (Å²) in [6, 6.07) is 8.78. The molecule has 0 saturated heterocycles. The smallest absolute Gasteiger partial charge is 0.464 e. The third-order valence-electron chi connectivity index (χ3n) is 3.95. The molecule has 0 aliphatic rings. The Morgan fingerprint density at radius 3 is 2.32 bits per heavy atom. The van der Waals surface area contributed by atoms with Gasteiger partial charge in [-0.3, -0.25) is 10.1 Å². The van der Waals surface area contributed by atoms with E-state index in [9.17, 15) is 22.8 Å². The standard InChI is InChI=1S/C18H18F3N3O4/c1-11-7-6-10-22-14(11)23-17(16(26)28-3,18(19,20)21)24-15(25)12-8-4-5-9-13(12)27-2/h4-10H,1-3H3,(H,22,23)(H,24,25)/p+1/t17-/m1/s1. The number of nitrogens with one attached hydrogen (secondary N) is 3. The van der Waals surface area contributed by atoms with Crippen LogP contribution < -0.4 is 20.4 Å². The lowest BCUT2D eigenvalue weighted by molar-refractivity contribution is -0.363. The molecule has 10 heteroatoms. The predicted molar refractivity (Wildman–Crippen MR) is 92.6 cm³/mol. The minimum absolute atomic E-state index is 0.0448. The first kappa shape index (κ1) is 21.0. The molecular weight excluding hydrogens is 379 g/mol. The van der Waals surface area contributed by atoms with Crippen molar-refractivity contribution in [2.75, 3.05) is 19.5 Å². The monoisotopic (exact) mass is 398 g/mol. The molecule has 0 aliphatic heterocycles. The number of carbonyl (C=O) groups excluding carboxylic acids is 2. The second-order valence-corrected chi connectivity index (χ2v) is 5.75. The number of aryl methyl sites for hydroxylation is 1. The fraction of sp³-hybridized carbons (Fsp3) is 0.278. The molecule has 1 amide bonds. The van der Waals surface area contributed by atoms with Crippen molar-refractivity contribution >= 4 is 17.7 Å². The maximum atomic E-state index is 14.1. The van der Waals surface area contributed by atoms with Crippen LogP contribution in [-0.4, -0.2) is 37.9 Å². The normalized spacial score (nSPS) is 13.2. The minimum atomic E-state index is -5.24. The number of amides is 1. The molecule has 2 aromatic rings. The summed E-state index contributed by atoms with van der Waals surface area (Å²) >= 11 is 0. The second kappa shape index (κ2) is 8.15. The average molecular weight is 398 g/mol. The number of hydrogen-bond donors (Lipinski definition) is 2. The summed E-state index contributed by atoms with van der Waals surface area (Å²) in [4.78, 5) is 27.5. The maximum absolute atomic E-state index is 14.1. The van der Waals surface area contributed by atoms with E-state index in [-0.39, 0.29) is 17.1 Å². The van der Waals surface area contributed by atoms with Crippen molar-refractivity contribution in [1.29, 1.82) is 0 Å². The zero-order valence-corrected chi connectivity index (χ0v) is 15.3. The number of aromatic nitrogens is 1. The number of hydrogen-bond acceptors (Lipinski definition) is 5. The number of alkyl halides is 3. The van der Waals surface area contributed by atoms with E-state index < -0.39 is 23.7 Å². The summed E-state index contributed by atoms with van der Waals surface area (Å²) in [6.07, 6.45) is -3.87. The Kier molecular flexibility index (Phi) is 6.12. The number of halogens is 3. The van der Waals surface area contributed by atoms with Crippen molar-refractivity contribution in [3.8, 4) is 5.75 Å². The molecule has 1 atom stereocenters. The van der Waals surface area contributed by atoms with Crippen molar-refractivity contribution in [3.05, 3.63) is 53.7 Å². The van der Waals surface area contributed by atoms with Crippen LogP contribution in [0.4, 0.5) is 19.0 Å². The molecule has 0 bridgehead atoms. The van der Waals surface area contributed by atoms with Gasteiger partial charge in [-0.2, -0.15) is 13.2 Å². The van der Waals surface area contributed by atoms with Crippen molar-refractivity contribution in [2.24, 2.45) is 0 Å². The highest BCUT2D eigenvalue weighted by atomic mass is 19.4. The summed E-state index contributed by atoms with van der Waals surface area (Å²) in [7, 11) is 2.06. The number of methoxy groups -OCH3 is 2. The first-order chi connectivity index (χ1) is 13.2. The minimum Gasteiger partial charge on any atom is -0.496 e. The summed E-state index contributed by atoms with van der Waals surface area (Å²) < 4.78 is 51.6. The number of carbonyl (C=O) groups is 2. The number of benzene rings is 1. The number of pyridine rings is 1. The van der Waals surface area contributed by atoms with Crippen LogP contribution in [0.15, 0.2) is 42.6 Å². The molecule has 0 unspecified atom stereocenters. The number of ether oxygens (including phenoxy) is 2. The molecule has 0 aliphatic carbocycles. The van der Waals surface area contributed by atoms with Gasteiger partial charge in [-0.15, -0.1) is 0 Å². The Balaban J connectivity index is 2.55. The van der Waals surface area contributed by atoms with Crippen LogP contribution >= 0.6 is 0 Å². The highest BCUT2D eigenvalue weighted by Crippen LogP contribution is 2.33. The largest absolute Gasteiger partial charge is 0.496 e. The van der Waals surface area contributed by atoms with Crippen molar-refractivity contribution in [2.45, 2.75) is 18.8 Å². The lowest BCUT2D eigenvalue weighted by atomic mass is 10.1. The van der Waals surface area contributed by atoms with Gasteiger partial charge in [0.2, 0.25) is 0 Å². The Bertz CT molecular complexity index is 873. The van der Waals surface area contributed by atoms with Gasteiger partial charge in [-0.05, 0) is 31.2 Å². The molecule has 0 spiro atoms. The van der Waals surface area contributed by atoms with Gasteiger partial charge < -0.3 is 9.47 Å². The topological polar surface area (TPSA) is 90.8 Å². The fourth-order valence-electron chi connectivity index (χ4n) is 2.46. The fourth-order valence-corrected chi connectivity index (χ4v) is 2.46. The van der Waals surface area contributed by atoms with E-state index in [0.29, 0.717) is 5.56 Å². The van der Waals surface area contributed by atoms with E-state index in [2.05, 4.69) is 15.0 Å². The van der Waals surface area contributed by atoms with Gasteiger partial charge in [-0.25, -0.2) is 15.1 Å². The van der Waals surface area contributed by atoms with Crippen LogP contribution in [0.25, 0.3) is 0 Å².